The van der Waals surface area contributed by atoms with Gasteiger partial charge >= 0.3 is 5.97 Å². The number of carbonyl (C=O) groups excluding carboxylic acids is 1. The quantitative estimate of drug-likeness (QED) is 0.454. The number of hydrogen-bond acceptors (Lipinski definition) is 5. The molecule has 160 valence electrons. The zero-order chi connectivity index (χ0) is 21.0. The Balaban J connectivity index is 0.00000102. The molecule has 1 amide bonds. The number of amides is 1. The van der Waals surface area contributed by atoms with Crippen molar-refractivity contribution >= 4 is 20.3 Å². The fraction of sp³-hybridized carbons (Fsp3) is 0.600. The molecule has 2 N–H and O–H groups in total. The summed E-state index contributed by atoms with van der Waals surface area (Å²) in [6.07, 6.45) is 2.78. The highest BCUT2D eigenvalue weighted by molar-refractivity contribution is 7.47. The van der Waals surface area contributed by atoms with E-state index < -0.39 is 14.3 Å². The third-order valence-electron chi connectivity index (χ3n) is 3.44. The number of rotatable bonds is 14. The molecule has 0 radical (unpaired) electrons. The van der Waals surface area contributed by atoms with E-state index in [0.29, 0.717) is 19.8 Å². The van der Waals surface area contributed by atoms with Gasteiger partial charge in [0.15, 0.2) is 8.38 Å². The van der Waals surface area contributed by atoms with Gasteiger partial charge in [0, 0.05) is 12.7 Å². The lowest BCUT2D eigenvalue weighted by molar-refractivity contribution is -0.138. The monoisotopic (exact) mass is 414 g/mol. The van der Waals surface area contributed by atoms with Gasteiger partial charge in [-0.1, -0.05) is 49.7 Å². The van der Waals surface area contributed by atoms with Crippen LogP contribution in [0.4, 0.5) is 0 Å². The molecule has 0 aromatic heterocycles. The molecule has 0 bridgehead atoms. The summed E-state index contributed by atoms with van der Waals surface area (Å²) in [4.78, 5) is 24.2. The number of aliphatic carboxylic acids is 1. The van der Waals surface area contributed by atoms with Crippen LogP contribution in [0, 0.1) is 0 Å². The lowest BCUT2D eigenvalue weighted by Crippen LogP contribution is -2.40. The molecule has 0 spiro atoms. The van der Waals surface area contributed by atoms with Gasteiger partial charge in [-0.25, -0.2) is 0 Å². The second-order valence-electron chi connectivity index (χ2n) is 5.85. The Morgan fingerprint density at radius 2 is 1.50 bits per heavy atom. The molecule has 0 aliphatic carbocycles. The predicted molar refractivity (Wildman–Crippen MR) is 113 cm³/mol. The van der Waals surface area contributed by atoms with E-state index in [1.807, 2.05) is 55.1 Å². The Hall–Kier alpha value is -1.53. The van der Waals surface area contributed by atoms with Gasteiger partial charge < -0.3 is 19.5 Å². The molecule has 1 aromatic rings. The molecule has 0 saturated carbocycles. The Morgan fingerprint density at radius 3 is 1.93 bits per heavy atom. The molecule has 0 fully saturated rings. The van der Waals surface area contributed by atoms with Crippen LogP contribution < -0.4 is 5.32 Å². The van der Waals surface area contributed by atoms with E-state index in [4.69, 9.17) is 14.2 Å². The van der Waals surface area contributed by atoms with Gasteiger partial charge in [-0.05, 0) is 26.8 Å². The molecule has 28 heavy (non-hydrogen) atoms. The van der Waals surface area contributed by atoms with Crippen molar-refractivity contribution in [2.45, 2.75) is 33.6 Å². The molecule has 0 unspecified atom stereocenters. The summed E-state index contributed by atoms with van der Waals surface area (Å²) in [6, 6.07) is 12.0. The fourth-order valence-electron chi connectivity index (χ4n) is 2.15. The maximum Gasteiger partial charge on any atom is 0.322 e. The van der Waals surface area contributed by atoms with Crippen LogP contribution in [0.3, 0.4) is 0 Å². The number of carbonyl (C=O) groups is 2. The maximum absolute atomic E-state index is 11.7. The highest BCUT2D eigenvalue weighted by Gasteiger charge is 2.15. The Labute approximate surface area is 170 Å². The summed E-state index contributed by atoms with van der Waals surface area (Å²) < 4.78 is 11.1. The summed E-state index contributed by atoms with van der Waals surface area (Å²) in [7, 11) is -0.919. The van der Waals surface area contributed by atoms with E-state index >= 15 is 0 Å². The highest BCUT2D eigenvalue weighted by Crippen LogP contribution is 2.37. The topological polar surface area (TPSA) is 88.1 Å². The number of carboxylic acid groups (broad SMARTS) is 1. The maximum atomic E-state index is 11.7. The van der Waals surface area contributed by atoms with Crippen LogP contribution in [0.25, 0.3) is 0 Å². The van der Waals surface area contributed by atoms with E-state index in [1.54, 1.807) is 0 Å². The first-order chi connectivity index (χ1) is 13.5. The lowest BCUT2D eigenvalue weighted by Gasteiger charge is -2.24. The summed E-state index contributed by atoms with van der Waals surface area (Å²) in [6.45, 7) is 8.55. The Bertz CT molecular complexity index is 472. The summed E-state index contributed by atoms with van der Waals surface area (Å²) in [5, 5.41) is 11.0. The molecular formula is C20H35N2O5P. The zero-order valence-electron chi connectivity index (χ0n) is 17.3. The third-order valence-corrected chi connectivity index (χ3v) is 5.10. The van der Waals surface area contributed by atoms with Crippen molar-refractivity contribution in [1.82, 2.24) is 10.2 Å². The van der Waals surface area contributed by atoms with Crippen molar-refractivity contribution in [3.05, 3.63) is 36.4 Å². The lowest BCUT2D eigenvalue weighted by atomic mass is 10.3. The van der Waals surface area contributed by atoms with Crippen molar-refractivity contribution in [1.29, 1.82) is 0 Å². The summed E-state index contributed by atoms with van der Waals surface area (Å²) in [5.41, 5.74) is 0. The number of benzene rings is 1. The first-order valence-electron chi connectivity index (χ1n) is 9.77. The highest BCUT2D eigenvalue weighted by atomic mass is 31.2. The normalized spacial score (nSPS) is 10.5. The predicted octanol–water partition coefficient (Wildman–Crippen LogP) is 3.36. The minimum atomic E-state index is -1.04. The van der Waals surface area contributed by atoms with Crippen LogP contribution in [0.2, 0.25) is 0 Å². The average Bonchev–Trinajstić information content (AvgIpc) is 2.70. The molecule has 0 aliphatic rings. The molecule has 0 heterocycles. The minimum Gasteiger partial charge on any atom is -0.480 e. The first-order valence-corrected chi connectivity index (χ1v) is 11.1. The summed E-state index contributed by atoms with van der Waals surface area (Å²) >= 11 is 0. The van der Waals surface area contributed by atoms with Gasteiger partial charge in [0.1, 0.15) is 6.54 Å². The third kappa shape index (κ3) is 16.6. The van der Waals surface area contributed by atoms with E-state index in [9.17, 15) is 9.59 Å². The number of unbranched alkanes of at least 4 members (excludes halogenated alkanes) is 1. The van der Waals surface area contributed by atoms with Crippen LogP contribution in [-0.2, 0) is 18.6 Å². The van der Waals surface area contributed by atoms with Crippen molar-refractivity contribution in [2.75, 3.05) is 45.6 Å². The van der Waals surface area contributed by atoms with Gasteiger partial charge in [0.2, 0.25) is 5.91 Å². The second kappa shape index (κ2) is 18.8. The molecule has 8 heteroatoms. The smallest absolute Gasteiger partial charge is 0.322 e. The molecule has 1 rings (SSSR count). The molecular weight excluding hydrogens is 379 g/mol. The molecule has 7 nitrogen and oxygen atoms in total. The molecule has 1 aromatic carbocycles. The van der Waals surface area contributed by atoms with Crippen molar-refractivity contribution in [2.24, 2.45) is 0 Å². The Kier molecular flexibility index (Phi) is 17.8. The van der Waals surface area contributed by atoms with Crippen molar-refractivity contribution in [3.8, 4) is 0 Å². The number of hydrogen-bond donors (Lipinski definition) is 2. The number of nitrogens with zero attached hydrogens (tertiary/aromatic N) is 1. The first kappa shape index (κ1) is 26.5. The van der Waals surface area contributed by atoms with Crippen molar-refractivity contribution in [3.63, 3.8) is 0 Å². The SMILES string of the molecule is CCCCN(CCP(OCC)OCC)CC(=O)NCC(=O)O.c1ccccc1. The van der Waals surface area contributed by atoms with Gasteiger partial charge in [-0.15, -0.1) is 0 Å². The largest absolute Gasteiger partial charge is 0.480 e. The summed E-state index contributed by atoms with van der Waals surface area (Å²) in [5.74, 6) is -1.31. The molecule has 0 saturated heterocycles. The minimum absolute atomic E-state index is 0.203. The zero-order valence-corrected chi connectivity index (χ0v) is 18.2. The number of nitrogens with one attached hydrogen (secondary N) is 1. The Morgan fingerprint density at radius 1 is 0.964 bits per heavy atom. The van der Waals surface area contributed by atoms with Gasteiger partial charge in [0.05, 0.1) is 19.8 Å². The van der Waals surface area contributed by atoms with Gasteiger partial charge in [0.25, 0.3) is 0 Å². The van der Waals surface area contributed by atoms with E-state index in [-0.39, 0.29) is 19.0 Å². The van der Waals surface area contributed by atoms with Crippen LogP contribution in [0.15, 0.2) is 36.4 Å². The van der Waals surface area contributed by atoms with Gasteiger partial charge in [-0.3, -0.25) is 14.5 Å². The van der Waals surface area contributed by atoms with Crippen LogP contribution >= 0.6 is 8.38 Å². The van der Waals surface area contributed by atoms with E-state index in [1.165, 1.54) is 0 Å². The second-order valence-corrected chi connectivity index (χ2v) is 7.48. The van der Waals surface area contributed by atoms with Crippen LogP contribution in [-0.4, -0.2) is 67.4 Å². The average molecular weight is 414 g/mol. The van der Waals surface area contributed by atoms with Crippen molar-refractivity contribution < 1.29 is 23.7 Å². The fourth-order valence-corrected chi connectivity index (χ4v) is 3.50. The van der Waals surface area contributed by atoms with Gasteiger partial charge in [-0.2, -0.15) is 0 Å². The molecule has 0 aliphatic heterocycles. The van der Waals surface area contributed by atoms with E-state index in [2.05, 4.69) is 12.2 Å². The number of carboxylic acids is 1. The standard InChI is InChI=1S/C14H29N2O5P.C6H6/c1-4-7-8-16(12-13(17)15-11-14(18)19)9-10-22(20-5-2)21-6-3;1-2-4-6-5-3-1/h4-12H2,1-3H3,(H,15,17)(H,18,19);1-6H. The van der Waals surface area contributed by atoms with Crippen LogP contribution in [0.1, 0.15) is 33.6 Å². The van der Waals surface area contributed by atoms with Crippen LogP contribution in [0.5, 0.6) is 0 Å². The van der Waals surface area contributed by atoms with E-state index in [0.717, 1.165) is 25.5 Å². The molecule has 0 atom stereocenters.